The molecule has 0 atom stereocenters. The Balaban J connectivity index is 1.34. The smallest absolute Gasteiger partial charge is 0.253 e. The molecule has 1 aliphatic heterocycles. The monoisotopic (exact) mass is 333 g/mol. The summed E-state index contributed by atoms with van der Waals surface area (Å²) in [6.45, 7) is 0.577. The SMILES string of the molecule is O=C1C=CC(=O)N1CCCCCCCCCCCc1ccsc1. The molecule has 4 heteroatoms. The van der Waals surface area contributed by atoms with E-state index in [1.54, 1.807) is 11.3 Å². The Kier molecular flexibility index (Phi) is 8.08. The fourth-order valence-corrected chi connectivity index (χ4v) is 3.63. The van der Waals surface area contributed by atoms with Crippen LogP contribution in [0.4, 0.5) is 0 Å². The first-order valence-electron chi connectivity index (χ1n) is 8.82. The van der Waals surface area contributed by atoms with Crippen molar-refractivity contribution >= 4 is 23.2 Å². The van der Waals surface area contributed by atoms with Crippen LogP contribution in [0.3, 0.4) is 0 Å². The van der Waals surface area contributed by atoms with Crippen molar-refractivity contribution in [3.63, 3.8) is 0 Å². The molecule has 0 saturated heterocycles. The summed E-state index contributed by atoms with van der Waals surface area (Å²) in [5.41, 5.74) is 1.49. The Labute approximate surface area is 143 Å². The van der Waals surface area contributed by atoms with E-state index < -0.39 is 0 Å². The molecule has 2 rings (SSSR count). The fourth-order valence-electron chi connectivity index (χ4n) is 2.92. The number of aryl methyl sites for hydroxylation is 1. The van der Waals surface area contributed by atoms with Gasteiger partial charge in [-0.25, -0.2) is 0 Å². The fraction of sp³-hybridized carbons (Fsp3) is 0.579. The molecule has 1 aromatic heterocycles. The van der Waals surface area contributed by atoms with Crippen LogP contribution in [0.25, 0.3) is 0 Å². The zero-order valence-corrected chi connectivity index (χ0v) is 14.7. The third kappa shape index (κ3) is 6.69. The maximum atomic E-state index is 11.4. The summed E-state index contributed by atoms with van der Waals surface area (Å²) in [6, 6.07) is 2.23. The predicted octanol–water partition coefficient (Wildman–Crippen LogP) is 4.73. The highest BCUT2D eigenvalue weighted by Crippen LogP contribution is 2.14. The molecule has 0 unspecified atom stereocenters. The minimum atomic E-state index is -0.155. The molecule has 2 amide bonds. The molecule has 0 radical (unpaired) electrons. The molecule has 0 aliphatic carbocycles. The number of hydrogen-bond acceptors (Lipinski definition) is 3. The van der Waals surface area contributed by atoms with E-state index in [0.717, 1.165) is 12.8 Å². The molecule has 0 bridgehead atoms. The first-order valence-corrected chi connectivity index (χ1v) is 9.76. The van der Waals surface area contributed by atoms with Gasteiger partial charge in [0.2, 0.25) is 0 Å². The van der Waals surface area contributed by atoms with Crippen molar-refractivity contribution in [2.75, 3.05) is 6.54 Å². The van der Waals surface area contributed by atoms with Gasteiger partial charge in [0.1, 0.15) is 0 Å². The van der Waals surface area contributed by atoms with Gasteiger partial charge >= 0.3 is 0 Å². The number of amides is 2. The van der Waals surface area contributed by atoms with Gasteiger partial charge < -0.3 is 0 Å². The largest absolute Gasteiger partial charge is 0.275 e. The average molecular weight is 333 g/mol. The van der Waals surface area contributed by atoms with Crippen LogP contribution in [-0.4, -0.2) is 23.3 Å². The number of carbonyl (C=O) groups excluding carboxylic acids is 2. The van der Waals surface area contributed by atoms with Crippen LogP contribution >= 0.6 is 11.3 Å². The van der Waals surface area contributed by atoms with Crippen molar-refractivity contribution in [3.8, 4) is 0 Å². The number of hydrogen-bond donors (Lipinski definition) is 0. The lowest BCUT2D eigenvalue weighted by atomic mass is 10.0. The zero-order chi connectivity index (χ0) is 16.3. The van der Waals surface area contributed by atoms with Gasteiger partial charge in [-0.2, -0.15) is 11.3 Å². The molecular formula is C19H27NO2S. The zero-order valence-electron chi connectivity index (χ0n) is 13.8. The first kappa shape index (κ1) is 17.9. The van der Waals surface area contributed by atoms with E-state index >= 15 is 0 Å². The number of rotatable bonds is 12. The summed E-state index contributed by atoms with van der Waals surface area (Å²) in [4.78, 5) is 24.1. The van der Waals surface area contributed by atoms with Gasteiger partial charge in [-0.15, -0.1) is 0 Å². The lowest BCUT2D eigenvalue weighted by Crippen LogP contribution is -2.30. The molecular weight excluding hydrogens is 306 g/mol. The van der Waals surface area contributed by atoms with Gasteiger partial charge in [0.25, 0.3) is 11.8 Å². The molecule has 0 N–H and O–H groups in total. The minimum Gasteiger partial charge on any atom is -0.275 e. The Morgan fingerprint density at radius 3 is 1.91 bits per heavy atom. The quantitative estimate of drug-likeness (QED) is 0.410. The molecule has 3 nitrogen and oxygen atoms in total. The molecule has 23 heavy (non-hydrogen) atoms. The van der Waals surface area contributed by atoms with Gasteiger partial charge in [0.05, 0.1) is 0 Å². The molecule has 0 fully saturated rings. The molecule has 1 aromatic rings. The molecule has 1 aliphatic rings. The number of carbonyl (C=O) groups is 2. The second kappa shape index (κ2) is 10.4. The lowest BCUT2D eigenvalue weighted by Gasteiger charge is -2.12. The van der Waals surface area contributed by atoms with E-state index in [-0.39, 0.29) is 11.8 Å². The third-order valence-corrected chi connectivity index (χ3v) is 5.06. The van der Waals surface area contributed by atoms with E-state index in [1.807, 2.05) is 0 Å². The summed E-state index contributed by atoms with van der Waals surface area (Å²) in [5.74, 6) is -0.310. The van der Waals surface area contributed by atoms with Crippen molar-refractivity contribution in [1.82, 2.24) is 4.90 Å². The van der Waals surface area contributed by atoms with E-state index in [0.29, 0.717) is 6.54 Å². The van der Waals surface area contributed by atoms with E-state index in [2.05, 4.69) is 16.8 Å². The molecule has 0 aromatic carbocycles. The summed E-state index contributed by atoms with van der Waals surface area (Å²) in [5, 5.41) is 4.40. The molecule has 0 saturated carbocycles. The highest BCUT2D eigenvalue weighted by molar-refractivity contribution is 7.07. The Morgan fingerprint density at radius 1 is 0.783 bits per heavy atom. The number of unbranched alkanes of at least 4 members (excludes halogenated alkanes) is 8. The van der Waals surface area contributed by atoms with Crippen LogP contribution in [0.5, 0.6) is 0 Å². The predicted molar refractivity (Wildman–Crippen MR) is 95.4 cm³/mol. The van der Waals surface area contributed by atoms with Gasteiger partial charge in [-0.1, -0.05) is 44.9 Å². The molecule has 2 heterocycles. The normalized spacial score (nSPS) is 14.2. The summed E-state index contributed by atoms with van der Waals surface area (Å²) in [6.07, 6.45) is 15.1. The van der Waals surface area contributed by atoms with Crippen LogP contribution in [-0.2, 0) is 16.0 Å². The van der Waals surface area contributed by atoms with Crippen LogP contribution in [0.15, 0.2) is 29.0 Å². The molecule has 0 spiro atoms. The summed E-state index contributed by atoms with van der Waals surface area (Å²) < 4.78 is 0. The first-order chi connectivity index (χ1) is 11.3. The molecule has 126 valence electrons. The highest BCUT2D eigenvalue weighted by atomic mass is 32.1. The lowest BCUT2D eigenvalue weighted by molar-refractivity contribution is -0.136. The second-order valence-corrected chi connectivity index (χ2v) is 7.01. The van der Waals surface area contributed by atoms with Crippen molar-refractivity contribution < 1.29 is 9.59 Å². The highest BCUT2D eigenvalue weighted by Gasteiger charge is 2.21. The van der Waals surface area contributed by atoms with Gasteiger partial charge in [-0.05, 0) is 41.7 Å². The Hall–Kier alpha value is -1.42. The second-order valence-electron chi connectivity index (χ2n) is 6.23. The van der Waals surface area contributed by atoms with Gasteiger partial charge in [-0.3, -0.25) is 14.5 Å². The Morgan fingerprint density at radius 2 is 1.35 bits per heavy atom. The third-order valence-electron chi connectivity index (χ3n) is 4.33. The van der Waals surface area contributed by atoms with Crippen molar-refractivity contribution in [3.05, 3.63) is 34.5 Å². The summed E-state index contributed by atoms with van der Waals surface area (Å²) in [7, 11) is 0. The topological polar surface area (TPSA) is 37.4 Å². The summed E-state index contributed by atoms with van der Waals surface area (Å²) >= 11 is 1.79. The van der Waals surface area contributed by atoms with Gasteiger partial charge in [0.15, 0.2) is 0 Å². The maximum absolute atomic E-state index is 11.4. The van der Waals surface area contributed by atoms with E-state index in [1.165, 1.54) is 74.0 Å². The van der Waals surface area contributed by atoms with Crippen LogP contribution in [0.2, 0.25) is 0 Å². The minimum absolute atomic E-state index is 0.155. The average Bonchev–Trinajstić information content (AvgIpc) is 3.17. The van der Waals surface area contributed by atoms with E-state index in [4.69, 9.17) is 0 Å². The number of nitrogens with zero attached hydrogens (tertiary/aromatic N) is 1. The van der Waals surface area contributed by atoms with Crippen LogP contribution in [0.1, 0.15) is 63.4 Å². The maximum Gasteiger partial charge on any atom is 0.253 e. The van der Waals surface area contributed by atoms with Gasteiger partial charge in [0, 0.05) is 18.7 Å². The van der Waals surface area contributed by atoms with E-state index in [9.17, 15) is 9.59 Å². The standard InChI is InChI=1S/C19H27NO2S/c21-18-11-12-19(22)20(18)14-9-7-5-3-1-2-4-6-8-10-17-13-15-23-16-17/h11-13,15-16H,1-10,14H2. The van der Waals surface area contributed by atoms with Crippen molar-refractivity contribution in [2.45, 2.75) is 64.2 Å². The van der Waals surface area contributed by atoms with Crippen molar-refractivity contribution in [1.29, 1.82) is 0 Å². The van der Waals surface area contributed by atoms with Crippen LogP contribution in [0, 0.1) is 0 Å². The van der Waals surface area contributed by atoms with Crippen LogP contribution < -0.4 is 0 Å². The Bertz CT molecular complexity index is 489. The van der Waals surface area contributed by atoms with Crippen molar-refractivity contribution in [2.24, 2.45) is 0 Å². The number of thiophene rings is 1. The number of imide groups is 1.